The van der Waals surface area contributed by atoms with Crippen molar-refractivity contribution in [3.05, 3.63) is 66.4 Å². The van der Waals surface area contributed by atoms with Crippen LogP contribution in [0.4, 0.5) is 17.3 Å². The molecule has 1 fully saturated rings. The van der Waals surface area contributed by atoms with Crippen LogP contribution in [-0.4, -0.2) is 54.0 Å². The van der Waals surface area contributed by atoms with Gasteiger partial charge in [0.05, 0.1) is 18.4 Å². The minimum atomic E-state index is -0.246. The average Bonchev–Trinajstić information content (AvgIpc) is 3.27. The lowest BCUT2D eigenvalue weighted by Crippen LogP contribution is -2.44. The van der Waals surface area contributed by atoms with E-state index >= 15 is 0 Å². The van der Waals surface area contributed by atoms with Gasteiger partial charge < -0.3 is 24.9 Å². The van der Waals surface area contributed by atoms with Crippen LogP contribution in [0.2, 0.25) is 0 Å². The molecule has 150 valence electrons. The largest absolute Gasteiger partial charge is 0.467 e. The molecule has 0 aliphatic carbocycles. The average molecular weight is 392 g/mol. The Morgan fingerprint density at radius 2 is 1.79 bits per heavy atom. The summed E-state index contributed by atoms with van der Waals surface area (Å²) in [5.74, 6) is 0.891. The number of rotatable bonds is 6. The van der Waals surface area contributed by atoms with Gasteiger partial charge in [0, 0.05) is 49.9 Å². The SMILES string of the molecule is CN1CCN(c2ccc(Nc3ncc(C(=O)NCc4ccco4)cn3)cc2)CC1. The maximum atomic E-state index is 12.2. The van der Waals surface area contributed by atoms with Crippen molar-refractivity contribution in [2.45, 2.75) is 6.54 Å². The first-order valence-electron chi connectivity index (χ1n) is 9.60. The van der Waals surface area contributed by atoms with Gasteiger partial charge in [-0.1, -0.05) is 0 Å². The van der Waals surface area contributed by atoms with Crippen LogP contribution in [0.5, 0.6) is 0 Å². The van der Waals surface area contributed by atoms with E-state index in [9.17, 15) is 4.79 Å². The number of benzene rings is 1. The van der Waals surface area contributed by atoms with Gasteiger partial charge in [-0.3, -0.25) is 4.79 Å². The molecule has 3 heterocycles. The molecule has 2 aromatic heterocycles. The summed E-state index contributed by atoms with van der Waals surface area (Å²) in [7, 11) is 2.15. The lowest BCUT2D eigenvalue weighted by Gasteiger charge is -2.34. The maximum absolute atomic E-state index is 12.2. The quantitative estimate of drug-likeness (QED) is 0.666. The molecule has 0 saturated carbocycles. The van der Waals surface area contributed by atoms with E-state index in [0.29, 0.717) is 23.8 Å². The van der Waals surface area contributed by atoms with Crippen molar-refractivity contribution in [2.24, 2.45) is 0 Å². The standard InChI is InChI=1S/C21H24N6O2/c1-26-8-10-27(11-9-26)18-6-4-17(5-7-18)25-21-23-13-16(14-24-21)20(28)22-15-19-3-2-12-29-19/h2-7,12-14H,8-11,15H2,1H3,(H,22,28)(H,23,24,25). The Labute approximate surface area is 169 Å². The second kappa shape index (κ2) is 8.74. The molecule has 0 atom stereocenters. The molecular formula is C21H24N6O2. The molecule has 8 nitrogen and oxygen atoms in total. The Kier molecular flexibility index (Phi) is 5.71. The number of nitrogens with zero attached hydrogens (tertiary/aromatic N) is 4. The van der Waals surface area contributed by atoms with Gasteiger partial charge in [-0.05, 0) is 43.4 Å². The van der Waals surface area contributed by atoms with Crippen molar-refractivity contribution in [1.82, 2.24) is 20.2 Å². The molecule has 1 aliphatic heterocycles. The van der Waals surface area contributed by atoms with Crippen LogP contribution in [0.25, 0.3) is 0 Å². The monoisotopic (exact) mass is 392 g/mol. The maximum Gasteiger partial charge on any atom is 0.254 e. The number of hydrogen-bond acceptors (Lipinski definition) is 7. The predicted molar refractivity (Wildman–Crippen MR) is 111 cm³/mol. The molecule has 0 spiro atoms. The summed E-state index contributed by atoms with van der Waals surface area (Å²) >= 11 is 0. The van der Waals surface area contributed by atoms with Gasteiger partial charge in [-0.15, -0.1) is 0 Å². The number of anilines is 3. The molecule has 4 rings (SSSR count). The van der Waals surface area contributed by atoms with E-state index in [2.05, 4.69) is 49.6 Å². The molecule has 29 heavy (non-hydrogen) atoms. The van der Waals surface area contributed by atoms with Crippen molar-refractivity contribution in [3.63, 3.8) is 0 Å². The van der Waals surface area contributed by atoms with Crippen LogP contribution >= 0.6 is 0 Å². The molecule has 1 aliphatic rings. The minimum Gasteiger partial charge on any atom is -0.467 e. The fraction of sp³-hybridized carbons (Fsp3) is 0.286. The van der Waals surface area contributed by atoms with Gasteiger partial charge in [0.15, 0.2) is 0 Å². The van der Waals surface area contributed by atoms with Crippen LogP contribution in [0, 0.1) is 0 Å². The zero-order valence-corrected chi connectivity index (χ0v) is 16.3. The number of carbonyl (C=O) groups is 1. The second-order valence-corrected chi connectivity index (χ2v) is 7.02. The molecular weight excluding hydrogens is 368 g/mol. The van der Waals surface area contributed by atoms with Crippen molar-refractivity contribution < 1.29 is 9.21 Å². The Balaban J connectivity index is 1.32. The smallest absolute Gasteiger partial charge is 0.254 e. The lowest BCUT2D eigenvalue weighted by atomic mass is 10.2. The summed E-state index contributed by atoms with van der Waals surface area (Å²) in [5, 5.41) is 5.94. The second-order valence-electron chi connectivity index (χ2n) is 7.02. The number of amides is 1. The van der Waals surface area contributed by atoms with E-state index in [0.717, 1.165) is 31.9 Å². The summed E-state index contributed by atoms with van der Waals surface area (Å²) in [6.45, 7) is 4.56. The van der Waals surface area contributed by atoms with E-state index in [1.54, 1.807) is 18.4 Å². The molecule has 8 heteroatoms. The summed E-state index contributed by atoms with van der Waals surface area (Å²) < 4.78 is 5.20. The number of likely N-dealkylation sites (N-methyl/N-ethyl adjacent to an activating group) is 1. The van der Waals surface area contributed by atoms with Crippen molar-refractivity contribution in [1.29, 1.82) is 0 Å². The number of carbonyl (C=O) groups excluding carboxylic acids is 1. The van der Waals surface area contributed by atoms with Gasteiger partial charge in [0.25, 0.3) is 5.91 Å². The Bertz CT molecular complexity index is 917. The molecule has 2 N–H and O–H groups in total. The van der Waals surface area contributed by atoms with Crippen LogP contribution < -0.4 is 15.5 Å². The highest BCUT2D eigenvalue weighted by molar-refractivity contribution is 5.93. The summed E-state index contributed by atoms with van der Waals surface area (Å²) in [6.07, 6.45) is 4.58. The van der Waals surface area contributed by atoms with E-state index in [4.69, 9.17) is 4.42 Å². The van der Waals surface area contributed by atoms with Crippen molar-refractivity contribution >= 4 is 23.2 Å². The molecule has 1 aromatic carbocycles. The topological polar surface area (TPSA) is 86.5 Å². The molecule has 0 unspecified atom stereocenters. The summed E-state index contributed by atoms with van der Waals surface area (Å²) in [6, 6.07) is 11.8. The van der Waals surface area contributed by atoms with E-state index in [-0.39, 0.29) is 5.91 Å². The number of hydrogen-bond donors (Lipinski definition) is 2. The van der Waals surface area contributed by atoms with Gasteiger partial charge in [-0.25, -0.2) is 9.97 Å². The van der Waals surface area contributed by atoms with Crippen LogP contribution in [0.3, 0.4) is 0 Å². The van der Waals surface area contributed by atoms with Crippen LogP contribution in [0.1, 0.15) is 16.1 Å². The summed E-state index contributed by atoms with van der Waals surface area (Å²) in [5.41, 5.74) is 2.51. The van der Waals surface area contributed by atoms with Gasteiger partial charge in [0.2, 0.25) is 5.95 Å². The third-order valence-corrected chi connectivity index (χ3v) is 4.91. The highest BCUT2D eigenvalue weighted by Gasteiger charge is 2.14. The fourth-order valence-electron chi connectivity index (χ4n) is 3.14. The van der Waals surface area contributed by atoms with Crippen molar-refractivity contribution in [2.75, 3.05) is 43.4 Å². The Morgan fingerprint density at radius 3 is 2.45 bits per heavy atom. The Morgan fingerprint density at radius 1 is 1.07 bits per heavy atom. The molecule has 1 amide bonds. The predicted octanol–water partition coefficient (Wildman–Crippen LogP) is 2.50. The van der Waals surface area contributed by atoms with E-state index in [1.807, 2.05) is 12.1 Å². The highest BCUT2D eigenvalue weighted by Crippen LogP contribution is 2.20. The number of piperazine rings is 1. The molecule has 3 aromatic rings. The Hall–Kier alpha value is -3.39. The summed E-state index contributed by atoms with van der Waals surface area (Å²) in [4.78, 5) is 25.4. The minimum absolute atomic E-state index is 0.246. The zero-order valence-electron chi connectivity index (χ0n) is 16.3. The third-order valence-electron chi connectivity index (χ3n) is 4.91. The first-order chi connectivity index (χ1) is 14.2. The number of aromatic nitrogens is 2. The van der Waals surface area contributed by atoms with Gasteiger partial charge >= 0.3 is 0 Å². The lowest BCUT2D eigenvalue weighted by molar-refractivity contribution is 0.0947. The molecule has 1 saturated heterocycles. The number of nitrogens with one attached hydrogen (secondary N) is 2. The highest BCUT2D eigenvalue weighted by atomic mass is 16.3. The normalized spacial score (nSPS) is 14.6. The van der Waals surface area contributed by atoms with E-state index < -0.39 is 0 Å². The molecule has 0 bridgehead atoms. The first kappa shape index (κ1) is 18.9. The van der Waals surface area contributed by atoms with Crippen LogP contribution in [0.15, 0.2) is 59.5 Å². The zero-order chi connectivity index (χ0) is 20.1. The van der Waals surface area contributed by atoms with Crippen molar-refractivity contribution in [3.8, 4) is 0 Å². The fourth-order valence-corrected chi connectivity index (χ4v) is 3.14. The van der Waals surface area contributed by atoms with Gasteiger partial charge in [0.1, 0.15) is 5.76 Å². The van der Waals surface area contributed by atoms with E-state index in [1.165, 1.54) is 18.1 Å². The number of furan rings is 1. The van der Waals surface area contributed by atoms with Gasteiger partial charge in [-0.2, -0.15) is 0 Å². The molecule has 0 radical (unpaired) electrons. The third kappa shape index (κ3) is 4.91. The first-order valence-corrected chi connectivity index (χ1v) is 9.60. The van der Waals surface area contributed by atoms with Crippen LogP contribution in [-0.2, 0) is 6.54 Å².